The summed E-state index contributed by atoms with van der Waals surface area (Å²) in [5, 5.41) is 0. The van der Waals surface area contributed by atoms with Crippen LogP contribution >= 0.6 is 0 Å². The van der Waals surface area contributed by atoms with Crippen LogP contribution in [-0.4, -0.2) is 24.4 Å². The number of hydrogen-bond acceptors (Lipinski definition) is 4. The van der Waals surface area contributed by atoms with Crippen molar-refractivity contribution in [2.24, 2.45) is 11.8 Å². The minimum atomic E-state index is -0.417. The lowest BCUT2D eigenvalue weighted by atomic mass is 9.55. The first-order chi connectivity index (χ1) is 18.1. The van der Waals surface area contributed by atoms with E-state index < -0.39 is 11.8 Å². The van der Waals surface area contributed by atoms with Gasteiger partial charge in [-0.2, -0.15) is 0 Å². The lowest BCUT2D eigenvalue weighted by Gasteiger charge is -2.45. The minimum absolute atomic E-state index is 0.129. The highest BCUT2D eigenvalue weighted by Gasteiger charge is 2.61. The Hall–Kier alpha value is -3.73. The molecule has 3 aliphatic carbocycles. The summed E-state index contributed by atoms with van der Waals surface area (Å²) >= 11 is 0. The van der Waals surface area contributed by atoms with Crippen molar-refractivity contribution < 1.29 is 19.1 Å². The van der Waals surface area contributed by atoms with Crippen molar-refractivity contribution in [1.29, 1.82) is 0 Å². The van der Waals surface area contributed by atoms with Crippen molar-refractivity contribution in [2.45, 2.75) is 50.9 Å². The standard InChI is InChI=1S/C32H31NO4/c1-2-3-4-5-10-19-37-32(36)20-15-17-21(18-16-20)33-30(34)28-26-22-11-6-7-12-23(22)27(29(28)31(33)35)25-14-9-8-13-24(25)26/h6-9,11-18,26-29H,2-5,10,19H2,1H3. The molecule has 4 aliphatic rings. The first kappa shape index (κ1) is 23.7. The fraction of sp³-hybridized carbons (Fsp3) is 0.344. The number of imide groups is 1. The van der Waals surface area contributed by atoms with Gasteiger partial charge in [-0.1, -0.05) is 81.1 Å². The SMILES string of the molecule is CCCCCCCOC(=O)c1ccc(N2C(=O)C3C4c5ccccc5C(c5ccccc54)C3C2=O)cc1. The van der Waals surface area contributed by atoms with Crippen molar-refractivity contribution in [3.8, 4) is 0 Å². The van der Waals surface area contributed by atoms with Gasteiger partial charge in [0.25, 0.3) is 0 Å². The Kier molecular flexibility index (Phi) is 6.15. The minimum Gasteiger partial charge on any atom is -0.462 e. The maximum atomic E-state index is 13.8. The summed E-state index contributed by atoms with van der Waals surface area (Å²) in [6.07, 6.45) is 5.44. The van der Waals surface area contributed by atoms with E-state index in [-0.39, 0.29) is 29.6 Å². The van der Waals surface area contributed by atoms with Gasteiger partial charge >= 0.3 is 5.97 Å². The first-order valence-electron chi connectivity index (χ1n) is 13.4. The Bertz CT molecular complexity index is 1250. The molecule has 3 aromatic carbocycles. The van der Waals surface area contributed by atoms with Gasteiger partial charge in [-0.25, -0.2) is 9.69 Å². The predicted octanol–water partition coefficient (Wildman–Crippen LogP) is 6.21. The number of unbranched alkanes of at least 4 members (excludes halogenated alkanes) is 4. The molecule has 37 heavy (non-hydrogen) atoms. The summed E-state index contributed by atoms with van der Waals surface area (Å²) in [6.45, 7) is 2.57. The normalized spacial score (nSPS) is 23.0. The lowest BCUT2D eigenvalue weighted by Crippen LogP contribution is -2.41. The monoisotopic (exact) mass is 493 g/mol. The van der Waals surface area contributed by atoms with Crippen LogP contribution in [0.15, 0.2) is 72.8 Å². The van der Waals surface area contributed by atoms with Crippen LogP contribution in [0, 0.1) is 11.8 Å². The molecule has 0 N–H and O–H groups in total. The fourth-order valence-electron chi connectivity index (χ4n) is 6.63. The predicted molar refractivity (Wildman–Crippen MR) is 142 cm³/mol. The molecule has 2 unspecified atom stereocenters. The van der Waals surface area contributed by atoms with Gasteiger partial charge in [-0.05, 0) is 52.9 Å². The van der Waals surface area contributed by atoms with Crippen LogP contribution in [0.4, 0.5) is 5.69 Å². The number of carbonyl (C=O) groups is 3. The number of ether oxygens (including phenoxy) is 1. The fourth-order valence-corrected chi connectivity index (χ4v) is 6.63. The molecule has 0 saturated carbocycles. The van der Waals surface area contributed by atoms with Crippen LogP contribution in [0.25, 0.3) is 0 Å². The van der Waals surface area contributed by atoms with Gasteiger partial charge in [0, 0.05) is 11.8 Å². The number of amides is 2. The molecule has 1 fully saturated rings. The van der Waals surface area contributed by atoms with Crippen molar-refractivity contribution in [1.82, 2.24) is 0 Å². The van der Waals surface area contributed by atoms with E-state index in [0.29, 0.717) is 17.9 Å². The van der Waals surface area contributed by atoms with E-state index in [1.807, 2.05) is 24.3 Å². The molecule has 188 valence electrons. The summed E-state index contributed by atoms with van der Waals surface area (Å²) < 4.78 is 5.41. The Morgan fingerprint density at radius 1 is 0.703 bits per heavy atom. The van der Waals surface area contributed by atoms with Crippen LogP contribution in [-0.2, 0) is 14.3 Å². The van der Waals surface area contributed by atoms with E-state index in [1.165, 1.54) is 17.7 Å². The van der Waals surface area contributed by atoms with Gasteiger partial charge in [0.1, 0.15) is 0 Å². The Morgan fingerprint density at radius 3 is 1.68 bits per heavy atom. The molecule has 5 nitrogen and oxygen atoms in total. The average molecular weight is 494 g/mol. The highest BCUT2D eigenvalue weighted by molar-refractivity contribution is 6.23. The molecule has 5 heteroatoms. The van der Waals surface area contributed by atoms with E-state index in [1.54, 1.807) is 24.3 Å². The Balaban J connectivity index is 1.23. The summed E-state index contributed by atoms with van der Waals surface area (Å²) in [7, 11) is 0. The van der Waals surface area contributed by atoms with Crippen molar-refractivity contribution in [2.75, 3.05) is 11.5 Å². The summed E-state index contributed by atoms with van der Waals surface area (Å²) in [5.74, 6) is -1.78. The molecule has 1 heterocycles. The second-order valence-corrected chi connectivity index (χ2v) is 10.4. The number of hydrogen-bond donors (Lipinski definition) is 0. The van der Waals surface area contributed by atoms with Crippen molar-refractivity contribution in [3.05, 3.63) is 101 Å². The Morgan fingerprint density at radius 2 is 1.19 bits per heavy atom. The zero-order valence-corrected chi connectivity index (χ0v) is 21.1. The van der Waals surface area contributed by atoms with E-state index in [9.17, 15) is 14.4 Å². The van der Waals surface area contributed by atoms with Gasteiger partial charge in [0.15, 0.2) is 0 Å². The number of rotatable bonds is 8. The smallest absolute Gasteiger partial charge is 0.338 e. The third-order valence-electron chi connectivity index (χ3n) is 8.29. The van der Waals surface area contributed by atoms with Crippen LogP contribution in [0.3, 0.4) is 0 Å². The van der Waals surface area contributed by atoms with Gasteiger partial charge < -0.3 is 4.74 Å². The van der Waals surface area contributed by atoms with E-state index in [4.69, 9.17) is 4.74 Å². The topological polar surface area (TPSA) is 63.7 Å². The zero-order chi connectivity index (χ0) is 25.5. The third kappa shape index (κ3) is 3.79. The number of benzene rings is 3. The maximum absolute atomic E-state index is 13.8. The lowest BCUT2D eigenvalue weighted by molar-refractivity contribution is -0.122. The summed E-state index contributed by atoms with van der Waals surface area (Å²) in [6, 6.07) is 23.1. The van der Waals surface area contributed by atoms with Crippen molar-refractivity contribution >= 4 is 23.5 Å². The molecule has 0 spiro atoms. The highest BCUT2D eigenvalue weighted by atomic mass is 16.5. The van der Waals surface area contributed by atoms with Crippen LogP contribution in [0.2, 0.25) is 0 Å². The molecule has 0 radical (unpaired) electrons. The van der Waals surface area contributed by atoms with Crippen molar-refractivity contribution in [3.63, 3.8) is 0 Å². The van der Waals surface area contributed by atoms with Crippen LogP contribution < -0.4 is 4.90 Å². The van der Waals surface area contributed by atoms with Gasteiger partial charge in [0.2, 0.25) is 11.8 Å². The molecule has 2 atom stereocenters. The molecule has 1 saturated heterocycles. The van der Waals surface area contributed by atoms with Crippen LogP contribution in [0.5, 0.6) is 0 Å². The zero-order valence-electron chi connectivity index (χ0n) is 21.1. The molecule has 7 rings (SSSR count). The summed E-state index contributed by atoms with van der Waals surface area (Å²) in [5.41, 5.74) is 5.56. The maximum Gasteiger partial charge on any atom is 0.338 e. The number of carbonyl (C=O) groups excluding carboxylic acids is 3. The number of anilines is 1. The molecule has 2 amide bonds. The van der Waals surface area contributed by atoms with E-state index >= 15 is 0 Å². The first-order valence-corrected chi connectivity index (χ1v) is 13.4. The van der Waals surface area contributed by atoms with Gasteiger partial charge in [-0.15, -0.1) is 0 Å². The molecule has 3 aromatic rings. The summed E-state index contributed by atoms with van der Waals surface area (Å²) in [4.78, 5) is 41.5. The molecular weight excluding hydrogens is 462 g/mol. The molecular formula is C32H31NO4. The molecule has 0 aromatic heterocycles. The molecule has 2 bridgehead atoms. The number of esters is 1. The Labute approximate surface area is 217 Å². The van der Waals surface area contributed by atoms with Crippen LogP contribution in [0.1, 0.15) is 83.5 Å². The number of nitrogens with zero attached hydrogens (tertiary/aromatic N) is 1. The average Bonchev–Trinajstić information content (AvgIpc) is 3.20. The highest BCUT2D eigenvalue weighted by Crippen LogP contribution is 2.61. The second-order valence-electron chi connectivity index (χ2n) is 10.4. The van der Waals surface area contributed by atoms with E-state index in [0.717, 1.165) is 41.5 Å². The van der Waals surface area contributed by atoms with E-state index in [2.05, 4.69) is 31.2 Å². The largest absolute Gasteiger partial charge is 0.462 e. The second kappa shape index (κ2) is 9.62. The quantitative estimate of drug-likeness (QED) is 0.213. The van der Waals surface area contributed by atoms with Gasteiger partial charge in [-0.3, -0.25) is 9.59 Å². The van der Waals surface area contributed by atoms with Gasteiger partial charge in [0.05, 0.1) is 29.7 Å². The molecule has 1 aliphatic heterocycles. The third-order valence-corrected chi connectivity index (χ3v) is 8.29.